The summed E-state index contributed by atoms with van der Waals surface area (Å²) in [5.41, 5.74) is 2.06. The highest BCUT2D eigenvalue weighted by Crippen LogP contribution is 2.20. The molecule has 1 unspecified atom stereocenters. The molecule has 1 aromatic rings. The van der Waals surface area contributed by atoms with Gasteiger partial charge in [0, 0.05) is 5.41 Å². The number of carbonyl (C=O) groups excluding carboxylic acids is 1. The van der Waals surface area contributed by atoms with E-state index in [0.29, 0.717) is 0 Å². The molecule has 0 saturated heterocycles. The molecular formula is C14H21NO. The Morgan fingerprint density at radius 2 is 1.81 bits per heavy atom. The van der Waals surface area contributed by atoms with Crippen molar-refractivity contribution in [2.24, 2.45) is 5.41 Å². The summed E-state index contributed by atoms with van der Waals surface area (Å²) in [5.74, 6) is 0.0863. The summed E-state index contributed by atoms with van der Waals surface area (Å²) in [6.07, 6.45) is 0. The zero-order valence-electron chi connectivity index (χ0n) is 10.8. The molecule has 1 amide bonds. The first kappa shape index (κ1) is 12.8. The lowest BCUT2D eigenvalue weighted by atomic mass is 9.94. The van der Waals surface area contributed by atoms with E-state index in [1.807, 2.05) is 39.8 Å². The van der Waals surface area contributed by atoms with Crippen molar-refractivity contribution in [2.75, 3.05) is 0 Å². The monoisotopic (exact) mass is 219 g/mol. The van der Waals surface area contributed by atoms with Gasteiger partial charge in [0.05, 0.1) is 6.04 Å². The fraction of sp³-hybridized carbons (Fsp3) is 0.500. The average molecular weight is 219 g/mol. The Balaban J connectivity index is 2.78. The fourth-order valence-corrected chi connectivity index (χ4v) is 1.56. The van der Waals surface area contributed by atoms with Crippen LogP contribution in [-0.4, -0.2) is 5.91 Å². The number of hydrogen-bond donors (Lipinski definition) is 1. The first-order chi connectivity index (χ1) is 7.32. The third kappa shape index (κ3) is 3.09. The van der Waals surface area contributed by atoms with Crippen LogP contribution in [0.15, 0.2) is 24.3 Å². The minimum Gasteiger partial charge on any atom is -0.349 e. The van der Waals surface area contributed by atoms with Crippen molar-refractivity contribution in [1.82, 2.24) is 5.32 Å². The van der Waals surface area contributed by atoms with Gasteiger partial charge in [-0.15, -0.1) is 0 Å². The first-order valence-electron chi connectivity index (χ1n) is 5.69. The summed E-state index contributed by atoms with van der Waals surface area (Å²) in [6, 6.07) is 8.20. The van der Waals surface area contributed by atoms with Crippen LogP contribution in [0.5, 0.6) is 0 Å². The summed E-state index contributed by atoms with van der Waals surface area (Å²) >= 11 is 0. The summed E-state index contributed by atoms with van der Waals surface area (Å²) in [4.78, 5) is 11.8. The van der Waals surface area contributed by atoms with Crippen molar-refractivity contribution < 1.29 is 4.79 Å². The molecule has 1 rings (SSSR count). The molecule has 0 saturated carbocycles. The largest absolute Gasteiger partial charge is 0.349 e. The van der Waals surface area contributed by atoms with Crippen LogP contribution in [0.4, 0.5) is 0 Å². The molecule has 2 heteroatoms. The van der Waals surface area contributed by atoms with Gasteiger partial charge in [0.1, 0.15) is 0 Å². The van der Waals surface area contributed by atoms with Crippen molar-refractivity contribution in [3.8, 4) is 0 Å². The smallest absolute Gasteiger partial charge is 0.225 e. The minimum absolute atomic E-state index is 0.0629. The number of hydrogen-bond acceptors (Lipinski definition) is 1. The van der Waals surface area contributed by atoms with Crippen LogP contribution in [0.1, 0.15) is 44.9 Å². The molecular weight excluding hydrogens is 198 g/mol. The van der Waals surface area contributed by atoms with Gasteiger partial charge in [-0.1, -0.05) is 45.0 Å². The SMILES string of the molecule is Cc1ccccc1C(C)NC(=O)C(C)(C)C. The molecule has 0 fully saturated rings. The Labute approximate surface area is 98.1 Å². The standard InChI is InChI=1S/C14H21NO/c1-10-8-6-7-9-12(10)11(2)15-13(16)14(3,4)5/h6-9,11H,1-5H3,(H,15,16). The molecule has 0 aliphatic rings. The molecule has 0 aromatic heterocycles. The highest BCUT2D eigenvalue weighted by molar-refractivity contribution is 5.81. The van der Waals surface area contributed by atoms with Crippen molar-refractivity contribution in [3.05, 3.63) is 35.4 Å². The van der Waals surface area contributed by atoms with Crippen LogP contribution in [0, 0.1) is 12.3 Å². The molecule has 1 N–H and O–H groups in total. The molecule has 16 heavy (non-hydrogen) atoms. The van der Waals surface area contributed by atoms with Gasteiger partial charge in [0.2, 0.25) is 5.91 Å². The van der Waals surface area contributed by atoms with Gasteiger partial charge in [-0.2, -0.15) is 0 Å². The second-order valence-electron chi connectivity index (χ2n) is 5.30. The lowest BCUT2D eigenvalue weighted by Crippen LogP contribution is -2.36. The third-order valence-corrected chi connectivity index (χ3v) is 2.68. The molecule has 88 valence electrons. The Morgan fingerprint density at radius 3 is 2.31 bits per heavy atom. The zero-order chi connectivity index (χ0) is 12.3. The molecule has 0 spiro atoms. The Bertz CT molecular complexity index is 377. The van der Waals surface area contributed by atoms with E-state index in [9.17, 15) is 4.79 Å². The third-order valence-electron chi connectivity index (χ3n) is 2.68. The molecule has 1 aromatic carbocycles. The van der Waals surface area contributed by atoms with Crippen molar-refractivity contribution in [3.63, 3.8) is 0 Å². The zero-order valence-corrected chi connectivity index (χ0v) is 10.8. The number of carbonyl (C=O) groups is 1. The molecule has 2 nitrogen and oxygen atoms in total. The number of amides is 1. The van der Waals surface area contributed by atoms with Crippen LogP contribution >= 0.6 is 0 Å². The van der Waals surface area contributed by atoms with Gasteiger partial charge < -0.3 is 5.32 Å². The lowest BCUT2D eigenvalue weighted by molar-refractivity contribution is -0.129. The Morgan fingerprint density at radius 1 is 1.25 bits per heavy atom. The van der Waals surface area contributed by atoms with Crippen molar-refractivity contribution in [1.29, 1.82) is 0 Å². The second kappa shape index (κ2) is 4.69. The van der Waals surface area contributed by atoms with Crippen molar-refractivity contribution >= 4 is 5.91 Å². The van der Waals surface area contributed by atoms with E-state index in [0.717, 1.165) is 0 Å². The van der Waals surface area contributed by atoms with Crippen LogP contribution in [0.3, 0.4) is 0 Å². The second-order valence-corrected chi connectivity index (χ2v) is 5.30. The maximum absolute atomic E-state index is 11.8. The predicted octanol–water partition coefficient (Wildman–Crippen LogP) is 3.22. The fourth-order valence-electron chi connectivity index (χ4n) is 1.56. The molecule has 0 aliphatic carbocycles. The summed E-state index contributed by atoms with van der Waals surface area (Å²) in [5, 5.41) is 3.04. The average Bonchev–Trinajstić information content (AvgIpc) is 2.16. The van der Waals surface area contributed by atoms with E-state index < -0.39 is 0 Å². The quantitative estimate of drug-likeness (QED) is 0.813. The van der Waals surface area contributed by atoms with Crippen molar-refractivity contribution in [2.45, 2.75) is 40.7 Å². The van der Waals surface area contributed by atoms with Crippen LogP contribution < -0.4 is 5.32 Å². The van der Waals surface area contributed by atoms with E-state index in [1.54, 1.807) is 0 Å². The minimum atomic E-state index is -0.336. The summed E-state index contributed by atoms with van der Waals surface area (Å²) < 4.78 is 0. The molecule has 1 atom stereocenters. The lowest BCUT2D eigenvalue weighted by Gasteiger charge is -2.23. The van der Waals surface area contributed by atoms with E-state index in [1.165, 1.54) is 11.1 Å². The van der Waals surface area contributed by atoms with Crippen LogP contribution in [-0.2, 0) is 4.79 Å². The number of nitrogens with one attached hydrogen (secondary N) is 1. The van der Waals surface area contributed by atoms with Crippen LogP contribution in [0.25, 0.3) is 0 Å². The Hall–Kier alpha value is -1.31. The van der Waals surface area contributed by atoms with Gasteiger partial charge in [-0.05, 0) is 25.0 Å². The maximum Gasteiger partial charge on any atom is 0.225 e. The topological polar surface area (TPSA) is 29.1 Å². The first-order valence-corrected chi connectivity index (χ1v) is 5.69. The number of benzene rings is 1. The van der Waals surface area contributed by atoms with Gasteiger partial charge in [-0.3, -0.25) is 4.79 Å². The highest BCUT2D eigenvalue weighted by Gasteiger charge is 2.23. The summed E-state index contributed by atoms with van der Waals surface area (Å²) in [6.45, 7) is 9.85. The molecule has 0 bridgehead atoms. The number of rotatable bonds is 2. The number of aryl methyl sites for hydroxylation is 1. The van der Waals surface area contributed by atoms with E-state index in [-0.39, 0.29) is 17.4 Å². The van der Waals surface area contributed by atoms with Gasteiger partial charge in [0.25, 0.3) is 0 Å². The van der Waals surface area contributed by atoms with Gasteiger partial charge >= 0.3 is 0 Å². The van der Waals surface area contributed by atoms with E-state index in [2.05, 4.69) is 24.4 Å². The van der Waals surface area contributed by atoms with Crippen LogP contribution in [0.2, 0.25) is 0 Å². The molecule has 0 aliphatic heterocycles. The highest BCUT2D eigenvalue weighted by atomic mass is 16.2. The van der Waals surface area contributed by atoms with Gasteiger partial charge in [0.15, 0.2) is 0 Å². The summed E-state index contributed by atoms with van der Waals surface area (Å²) in [7, 11) is 0. The normalized spacial score (nSPS) is 13.3. The predicted molar refractivity (Wildman–Crippen MR) is 67.2 cm³/mol. The van der Waals surface area contributed by atoms with Gasteiger partial charge in [-0.25, -0.2) is 0 Å². The molecule has 0 radical (unpaired) electrons. The van der Waals surface area contributed by atoms with E-state index in [4.69, 9.17) is 0 Å². The maximum atomic E-state index is 11.8. The Kier molecular flexibility index (Phi) is 3.74. The van der Waals surface area contributed by atoms with E-state index >= 15 is 0 Å². The molecule has 0 heterocycles.